The molecule has 4 unspecified atom stereocenters. The Labute approximate surface area is 182 Å². The molecule has 4 aliphatic carbocycles. The van der Waals surface area contributed by atoms with Crippen molar-refractivity contribution in [2.75, 3.05) is 0 Å². The predicted octanol–water partition coefficient (Wildman–Crippen LogP) is 5.75. The van der Waals surface area contributed by atoms with Gasteiger partial charge in [0, 0.05) is 43.1 Å². The van der Waals surface area contributed by atoms with Gasteiger partial charge in [0.2, 0.25) is 11.8 Å². The van der Waals surface area contributed by atoms with Crippen LogP contribution in [0.5, 0.6) is 0 Å². The SMILES string of the molecule is O=C(CC1C[C@@H]2CC(C3C=CN=C4C=CC(F)=CC43)C[C@@H]2C1)NC1CCC(F)(F)CC1. The minimum absolute atomic E-state index is 0.0300. The van der Waals surface area contributed by atoms with Gasteiger partial charge in [-0.25, -0.2) is 13.2 Å². The second-order valence-corrected chi connectivity index (χ2v) is 10.4. The summed E-state index contributed by atoms with van der Waals surface area (Å²) in [6.45, 7) is 0. The van der Waals surface area contributed by atoms with E-state index in [4.69, 9.17) is 0 Å². The second-order valence-electron chi connectivity index (χ2n) is 10.4. The number of allylic oxidation sites excluding steroid dienone is 5. The lowest BCUT2D eigenvalue weighted by atomic mass is 9.74. The lowest BCUT2D eigenvalue weighted by Gasteiger charge is -2.31. The van der Waals surface area contributed by atoms with E-state index in [0.717, 1.165) is 31.4 Å². The van der Waals surface area contributed by atoms with Crippen molar-refractivity contribution in [2.45, 2.75) is 69.8 Å². The highest BCUT2D eigenvalue weighted by Gasteiger charge is 2.46. The smallest absolute Gasteiger partial charge is 0.248 e. The van der Waals surface area contributed by atoms with Gasteiger partial charge < -0.3 is 5.32 Å². The number of fused-ring (bicyclic) bond motifs is 2. The minimum atomic E-state index is -2.56. The number of halogens is 3. The molecular formula is C25H31F3N2O. The van der Waals surface area contributed by atoms with Crippen molar-refractivity contribution in [2.24, 2.45) is 40.5 Å². The number of alkyl halides is 2. The Kier molecular flexibility index (Phi) is 5.59. The van der Waals surface area contributed by atoms with Crippen LogP contribution in [0.25, 0.3) is 0 Å². The van der Waals surface area contributed by atoms with Gasteiger partial charge in [-0.2, -0.15) is 0 Å². The van der Waals surface area contributed by atoms with Gasteiger partial charge in [-0.05, 0) is 86.3 Å². The summed E-state index contributed by atoms with van der Waals surface area (Å²) < 4.78 is 40.5. The van der Waals surface area contributed by atoms with Crippen LogP contribution in [0.1, 0.15) is 57.8 Å². The van der Waals surface area contributed by atoms with Crippen molar-refractivity contribution in [1.29, 1.82) is 0 Å². The maximum absolute atomic E-state index is 13.8. The Hall–Kier alpha value is -1.85. The Bertz CT molecular complexity index is 822. The summed E-state index contributed by atoms with van der Waals surface area (Å²) in [6.07, 6.45) is 14.5. The maximum Gasteiger partial charge on any atom is 0.248 e. The van der Waals surface area contributed by atoms with Crippen molar-refractivity contribution in [3.8, 4) is 0 Å². The standard InChI is InChI=1S/C25H31F3N2O/c26-19-1-2-23-22(14-19)21(5-8-29-23)18-12-16-9-15(10-17(16)13-18)11-24(31)30-20-3-6-25(27,28)7-4-20/h1-2,5,8,14-18,20-22H,3-4,6-7,9-13H2,(H,30,31)/t15?,16-,17+,18?,21?,22?. The number of rotatable bonds is 4. The third-order valence-corrected chi connectivity index (χ3v) is 8.29. The normalized spacial score (nSPS) is 38.9. The van der Waals surface area contributed by atoms with E-state index in [2.05, 4.69) is 16.4 Å². The molecule has 1 N–H and O–H groups in total. The predicted molar refractivity (Wildman–Crippen MR) is 114 cm³/mol. The number of hydrogen-bond donors (Lipinski definition) is 1. The lowest BCUT2D eigenvalue weighted by Crippen LogP contribution is -2.40. The zero-order chi connectivity index (χ0) is 21.6. The van der Waals surface area contributed by atoms with Crippen LogP contribution in [0.15, 0.2) is 41.3 Å². The molecule has 3 nitrogen and oxygen atoms in total. The van der Waals surface area contributed by atoms with Crippen molar-refractivity contribution >= 4 is 11.6 Å². The number of amides is 1. The molecule has 0 aromatic rings. The molecule has 6 atom stereocenters. The zero-order valence-corrected chi connectivity index (χ0v) is 17.8. The highest BCUT2D eigenvalue weighted by atomic mass is 19.3. The van der Waals surface area contributed by atoms with Crippen molar-refractivity contribution < 1.29 is 18.0 Å². The minimum Gasteiger partial charge on any atom is -0.353 e. The topological polar surface area (TPSA) is 41.5 Å². The average molecular weight is 433 g/mol. The molecule has 1 heterocycles. The molecule has 0 radical (unpaired) electrons. The van der Waals surface area contributed by atoms with E-state index >= 15 is 0 Å². The van der Waals surface area contributed by atoms with Crippen molar-refractivity contribution in [3.05, 3.63) is 36.3 Å². The first-order valence-corrected chi connectivity index (χ1v) is 11.8. The van der Waals surface area contributed by atoms with E-state index in [1.54, 1.807) is 12.2 Å². The zero-order valence-electron chi connectivity index (χ0n) is 17.8. The molecule has 5 aliphatic rings. The summed E-state index contributed by atoms with van der Waals surface area (Å²) in [5.74, 6) is -0.137. The van der Waals surface area contributed by atoms with Gasteiger partial charge in [-0.1, -0.05) is 6.08 Å². The van der Waals surface area contributed by atoms with Crippen LogP contribution >= 0.6 is 0 Å². The molecule has 0 spiro atoms. The van der Waals surface area contributed by atoms with E-state index < -0.39 is 5.92 Å². The molecule has 6 heteroatoms. The molecule has 0 saturated heterocycles. The third kappa shape index (κ3) is 4.54. The molecule has 168 valence electrons. The van der Waals surface area contributed by atoms with Crippen LogP contribution in [0.3, 0.4) is 0 Å². The van der Waals surface area contributed by atoms with Gasteiger partial charge in [-0.15, -0.1) is 0 Å². The van der Waals surface area contributed by atoms with Crippen LogP contribution in [-0.2, 0) is 4.79 Å². The molecular weight excluding hydrogens is 401 g/mol. The number of nitrogens with one attached hydrogen (secondary N) is 1. The molecule has 0 bridgehead atoms. The Morgan fingerprint density at radius 3 is 2.48 bits per heavy atom. The fraction of sp³-hybridized carbons (Fsp3) is 0.680. The van der Waals surface area contributed by atoms with Crippen LogP contribution in [0.2, 0.25) is 0 Å². The number of hydrogen-bond acceptors (Lipinski definition) is 2. The highest BCUT2D eigenvalue weighted by molar-refractivity contribution is 6.00. The van der Waals surface area contributed by atoms with Gasteiger partial charge in [0.05, 0.1) is 0 Å². The molecule has 1 aliphatic heterocycles. The molecule has 3 saturated carbocycles. The van der Waals surface area contributed by atoms with Crippen molar-refractivity contribution in [3.63, 3.8) is 0 Å². The van der Waals surface area contributed by atoms with E-state index in [-0.39, 0.29) is 36.5 Å². The summed E-state index contributed by atoms with van der Waals surface area (Å²) in [7, 11) is 0. The monoisotopic (exact) mass is 432 g/mol. The van der Waals surface area contributed by atoms with E-state index in [1.165, 1.54) is 6.08 Å². The molecule has 5 rings (SSSR count). The summed E-state index contributed by atoms with van der Waals surface area (Å²) in [5.41, 5.74) is 0.959. The Balaban J connectivity index is 1.11. The number of nitrogens with zero attached hydrogens (tertiary/aromatic N) is 1. The molecule has 1 amide bonds. The number of carbonyl (C=O) groups is 1. The molecule has 0 aromatic heterocycles. The summed E-state index contributed by atoms with van der Waals surface area (Å²) in [6, 6.07) is -0.0932. The van der Waals surface area contributed by atoms with Gasteiger partial charge in [0.15, 0.2) is 0 Å². The first-order valence-electron chi connectivity index (χ1n) is 11.8. The molecule has 3 fully saturated rings. The van der Waals surface area contributed by atoms with E-state index in [1.807, 2.05) is 6.20 Å². The maximum atomic E-state index is 13.8. The van der Waals surface area contributed by atoms with Gasteiger partial charge in [0.1, 0.15) is 5.83 Å². The quantitative estimate of drug-likeness (QED) is 0.604. The highest BCUT2D eigenvalue weighted by Crippen LogP contribution is 2.53. The first kappa shape index (κ1) is 21.0. The fourth-order valence-corrected chi connectivity index (χ4v) is 6.83. The van der Waals surface area contributed by atoms with Crippen molar-refractivity contribution in [1.82, 2.24) is 5.32 Å². The lowest BCUT2D eigenvalue weighted by molar-refractivity contribution is -0.123. The number of carbonyl (C=O) groups excluding carboxylic acids is 1. The summed E-state index contributed by atoms with van der Waals surface area (Å²) >= 11 is 0. The van der Waals surface area contributed by atoms with Crippen LogP contribution in [-0.4, -0.2) is 23.6 Å². The van der Waals surface area contributed by atoms with Crippen LogP contribution < -0.4 is 5.32 Å². The molecule has 31 heavy (non-hydrogen) atoms. The van der Waals surface area contributed by atoms with Crippen LogP contribution in [0.4, 0.5) is 13.2 Å². The third-order valence-electron chi connectivity index (χ3n) is 8.29. The fourth-order valence-electron chi connectivity index (χ4n) is 6.83. The van der Waals surface area contributed by atoms with E-state index in [0.29, 0.717) is 48.9 Å². The van der Waals surface area contributed by atoms with Gasteiger partial charge >= 0.3 is 0 Å². The Morgan fingerprint density at radius 1 is 1.06 bits per heavy atom. The largest absolute Gasteiger partial charge is 0.353 e. The first-order chi connectivity index (χ1) is 14.9. The van der Waals surface area contributed by atoms with Gasteiger partial charge in [0.25, 0.3) is 0 Å². The summed E-state index contributed by atoms with van der Waals surface area (Å²) in [4.78, 5) is 16.9. The van der Waals surface area contributed by atoms with E-state index in [9.17, 15) is 18.0 Å². The Morgan fingerprint density at radius 2 is 1.77 bits per heavy atom. The molecule has 0 aromatic carbocycles. The summed E-state index contributed by atoms with van der Waals surface area (Å²) in [5, 5.41) is 3.00. The second kappa shape index (κ2) is 8.25. The van der Waals surface area contributed by atoms with Gasteiger partial charge in [-0.3, -0.25) is 9.79 Å². The average Bonchev–Trinajstić information content (AvgIpc) is 3.27. The van der Waals surface area contributed by atoms with Crippen LogP contribution in [0, 0.1) is 35.5 Å². The number of aliphatic imine (C=N–C) groups is 1.